The molecular weight excluding hydrogens is 302 g/mol. The minimum Gasteiger partial charge on any atom is -0.289 e. The van der Waals surface area contributed by atoms with Gasteiger partial charge in [-0.2, -0.15) is 4.98 Å². The molecule has 0 amide bonds. The normalized spacial score (nSPS) is 10.5. The van der Waals surface area contributed by atoms with Gasteiger partial charge in [-0.25, -0.2) is 15.2 Å². The maximum Gasteiger partial charge on any atom is 0.356 e. The summed E-state index contributed by atoms with van der Waals surface area (Å²) in [5.74, 6) is 0.251. The van der Waals surface area contributed by atoms with Crippen LogP contribution in [0.25, 0.3) is 5.69 Å². The lowest BCUT2D eigenvalue weighted by molar-refractivity contribution is 0.765. The van der Waals surface area contributed by atoms with Crippen LogP contribution < -0.4 is 16.5 Å². The number of para-hydroxylation sites is 1. The average Bonchev–Trinajstić information content (AvgIpc) is 2.63. The van der Waals surface area contributed by atoms with Gasteiger partial charge in [-0.15, -0.1) is 0 Å². The molecule has 6 heteroatoms. The Bertz CT molecular complexity index is 861. The highest BCUT2D eigenvalue weighted by atomic mass is 16.1. The van der Waals surface area contributed by atoms with E-state index in [-0.39, 0.29) is 11.6 Å². The first kappa shape index (κ1) is 15.9. The number of aryl methyl sites for hydroxylation is 1. The highest BCUT2D eigenvalue weighted by molar-refractivity contribution is 5.40. The molecule has 0 aliphatic carbocycles. The van der Waals surface area contributed by atoms with Crippen LogP contribution in [0.4, 0.5) is 5.95 Å². The molecule has 0 atom stereocenters. The van der Waals surface area contributed by atoms with Crippen molar-refractivity contribution in [2.45, 2.75) is 19.9 Å². The van der Waals surface area contributed by atoms with E-state index < -0.39 is 0 Å². The van der Waals surface area contributed by atoms with Crippen LogP contribution in [0.2, 0.25) is 0 Å². The molecule has 3 rings (SSSR count). The van der Waals surface area contributed by atoms with Crippen molar-refractivity contribution in [1.82, 2.24) is 20.0 Å². The number of nitrogens with one attached hydrogen (secondary N) is 2. The van der Waals surface area contributed by atoms with E-state index in [1.54, 1.807) is 0 Å². The van der Waals surface area contributed by atoms with Gasteiger partial charge < -0.3 is 0 Å². The van der Waals surface area contributed by atoms with Crippen molar-refractivity contribution < 1.29 is 0 Å². The molecule has 2 aromatic carbocycles. The first-order valence-corrected chi connectivity index (χ1v) is 7.84. The third kappa shape index (κ3) is 3.67. The van der Waals surface area contributed by atoms with E-state index in [1.807, 2.05) is 61.5 Å². The monoisotopic (exact) mass is 321 g/mol. The smallest absolute Gasteiger partial charge is 0.289 e. The Labute approximate surface area is 140 Å². The molecule has 24 heavy (non-hydrogen) atoms. The maximum atomic E-state index is 12.3. The van der Waals surface area contributed by atoms with E-state index in [2.05, 4.69) is 20.8 Å². The summed E-state index contributed by atoms with van der Waals surface area (Å²) >= 11 is 0. The zero-order valence-electron chi connectivity index (χ0n) is 13.4. The predicted molar refractivity (Wildman–Crippen MR) is 93.9 cm³/mol. The first-order valence-electron chi connectivity index (χ1n) is 7.84. The van der Waals surface area contributed by atoms with Gasteiger partial charge in [0.2, 0.25) is 5.95 Å². The van der Waals surface area contributed by atoms with Crippen LogP contribution in [0.5, 0.6) is 0 Å². The van der Waals surface area contributed by atoms with Gasteiger partial charge in [-0.1, -0.05) is 55.5 Å². The number of hydrogen-bond donors (Lipinski definition) is 2. The van der Waals surface area contributed by atoms with Crippen molar-refractivity contribution in [3.63, 3.8) is 0 Å². The Morgan fingerprint density at radius 3 is 2.54 bits per heavy atom. The number of aromatic nitrogens is 3. The fraction of sp³-hybridized carbons (Fsp3) is 0.167. The van der Waals surface area contributed by atoms with E-state index >= 15 is 0 Å². The lowest BCUT2D eigenvalue weighted by Gasteiger charge is -2.11. The molecule has 0 unspecified atom stereocenters. The third-order valence-corrected chi connectivity index (χ3v) is 3.67. The van der Waals surface area contributed by atoms with Crippen LogP contribution in [0.15, 0.2) is 65.7 Å². The molecule has 1 heterocycles. The van der Waals surface area contributed by atoms with Gasteiger partial charge in [0.15, 0.2) is 0 Å². The second-order valence-electron chi connectivity index (χ2n) is 5.28. The van der Waals surface area contributed by atoms with Crippen LogP contribution >= 0.6 is 0 Å². The zero-order chi connectivity index (χ0) is 16.8. The zero-order valence-corrected chi connectivity index (χ0v) is 13.4. The summed E-state index contributed by atoms with van der Waals surface area (Å²) in [7, 11) is 0. The van der Waals surface area contributed by atoms with E-state index in [0.29, 0.717) is 6.54 Å². The Kier molecular flexibility index (Phi) is 4.98. The lowest BCUT2D eigenvalue weighted by atomic mass is 10.1. The Hall–Kier alpha value is -2.99. The summed E-state index contributed by atoms with van der Waals surface area (Å²) in [6.07, 6.45) is 2.33. The van der Waals surface area contributed by atoms with Gasteiger partial charge in [-0.05, 0) is 23.6 Å². The van der Waals surface area contributed by atoms with Gasteiger partial charge in [-0.3, -0.25) is 9.99 Å². The summed E-state index contributed by atoms with van der Waals surface area (Å²) in [5, 5.41) is 0. The molecular formula is C18H19N5O. The summed E-state index contributed by atoms with van der Waals surface area (Å²) < 4.78 is 1.46. The van der Waals surface area contributed by atoms with Gasteiger partial charge >= 0.3 is 5.69 Å². The van der Waals surface area contributed by atoms with Gasteiger partial charge in [0.05, 0.1) is 5.69 Å². The van der Waals surface area contributed by atoms with E-state index in [4.69, 9.17) is 0 Å². The molecule has 0 aliphatic heterocycles. The topological polar surface area (TPSA) is 71.8 Å². The fourth-order valence-electron chi connectivity index (χ4n) is 2.43. The number of benzene rings is 2. The molecule has 1 aromatic heterocycles. The van der Waals surface area contributed by atoms with Crippen LogP contribution in [0.1, 0.15) is 18.1 Å². The lowest BCUT2D eigenvalue weighted by Crippen LogP contribution is -2.28. The molecule has 0 spiro atoms. The molecule has 0 aliphatic rings. The van der Waals surface area contributed by atoms with E-state index in [0.717, 1.165) is 23.2 Å². The van der Waals surface area contributed by atoms with Crippen LogP contribution in [-0.4, -0.2) is 14.5 Å². The largest absolute Gasteiger partial charge is 0.356 e. The SMILES string of the molecule is CCc1ccccc1-n1cnc(NNCc2ccccc2)nc1=O. The van der Waals surface area contributed by atoms with E-state index in [9.17, 15) is 4.79 Å². The Morgan fingerprint density at radius 1 is 1.04 bits per heavy atom. The number of nitrogens with zero attached hydrogens (tertiary/aromatic N) is 3. The molecule has 6 nitrogen and oxygen atoms in total. The highest BCUT2D eigenvalue weighted by Crippen LogP contribution is 2.12. The predicted octanol–water partition coefficient (Wildman–Crippen LogP) is 2.31. The standard InChI is InChI=1S/C18H19N5O/c1-2-15-10-6-7-11-16(15)23-13-19-17(21-18(23)24)22-20-12-14-8-4-3-5-9-14/h3-11,13,20H,2,12H2,1H3,(H,21,22,24). The van der Waals surface area contributed by atoms with Crippen LogP contribution in [0, 0.1) is 0 Å². The minimum absolute atomic E-state index is 0.251. The fourth-order valence-corrected chi connectivity index (χ4v) is 2.43. The third-order valence-electron chi connectivity index (χ3n) is 3.67. The number of hydrazine groups is 1. The first-order chi connectivity index (χ1) is 11.8. The van der Waals surface area contributed by atoms with Crippen molar-refractivity contribution in [2.24, 2.45) is 0 Å². The molecule has 122 valence electrons. The number of hydrogen-bond acceptors (Lipinski definition) is 5. The molecule has 0 saturated carbocycles. The van der Waals surface area contributed by atoms with Crippen molar-refractivity contribution >= 4 is 5.95 Å². The molecule has 0 fully saturated rings. The highest BCUT2D eigenvalue weighted by Gasteiger charge is 2.07. The van der Waals surface area contributed by atoms with Crippen molar-refractivity contribution in [3.8, 4) is 5.69 Å². The van der Waals surface area contributed by atoms with Gasteiger partial charge in [0.25, 0.3) is 0 Å². The van der Waals surface area contributed by atoms with Crippen molar-refractivity contribution in [1.29, 1.82) is 0 Å². The summed E-state index contributed by atoms with van der Waals surface area (Å²) in [5.41, 5.74) is 8.50. The molecule has 2 N–H and O–H groups in total. The summed E-state index contributed by atoms with van der Waals surface area (Å²) in [6.45, 7) is 2.65. The van der Waals surface area contributed by atoms with Crippen molar-refractivity contribution in [3.05, 3.63) is 82.5 Å². The number of rotatable bonds is 6. The number of anilines is 1. The van der Waals surface area contributed by atoms with Gasteiger partial charge in [0, 0.05) is 6.54 Å². The quantitative estimate of drug-likeness (QED) is 0.682. The molecule has 0 radical (unpaired) electrons. The summed E-state index contributed by atoms with van der Waals surface area (Å²) in [4.78, 5) is 20.5. The van der Waals surface area contributed by atoms with Gasteiger partial charge in [0.1, 0.15) is 6.33 Å². The minimum atomic E-state index is -0.366. The average molecular weight is 321 g/mol. The maximum absolute atomic E-state index is 12.3. The van der Waals surface area contributed by atoms with E-state index in [1.165, 1.54) is 10.9 Å². The van der Waals surface area contributed by atoms with Crippen LogP contribution in [-0.2, 0) is 13.0 Å². The molecule has 0 bridgehead atoms. The van der Waals surface area contributed by atoms with Crippen LogP contribution in [0.3, 0.4) is 0 Å². The van der Waals surface area contributed by atoms with Crippen molar-refractivity contribution in [2.75, 3.05) is 5.43 Å². The molecule has 0 saturated heterocycles. The Balaban J connectivity index is 1.72. The molecule has 3 aromatic rings. The second kappa shape index (κ2) is 7.52. The summed E-state index contributed by atoms with van der Waals surface area (Å²) in [6, 6.07) is 17.7. The Morgan fingerprint density at radius 2 is 1.79 bits per heavy atom. The second-order valence-corrected chi connectivity index (χ2v) is 5.28.